The molecular weight excluding hydrogens is 240 g/mol. The van der Waals surface area contributed by atoms with E-state index in [0.717, 1.165) is 0 Å². The molecule has 1 aliphatic rings. The molecule has 0 radical (unpaired) electrons. The summed E-state index contributed by atoms with van der Waals surface area (Å²) < 4.78 is 5.21. The molecule has 1 saturated carbocycles. The van der Waals surface area contributed by atoms with Crippen molar-refractivity contribution in [3.05, 3.63) is 23.8 Å². The molecule has 2 rings (SSSR count). The Morgan fingerprint density at radius 2 is 2.11 bits per heavy atom. The maximum absolute atomic E-state index is 12.3. The van der Waals surface area contributed by atoms with Gasteiger partial charge in [-0.1, -0.05) is 18.9 Å². The van der Waals surface area contributed by atoms with Gasteiger partial charge in [0.2, 0.25) is 0 Å². The minimum Gasteiger partial charge on any atom is -0.496 e. The minimum atomic E-state index is -0.144. The van der Waals surface area contributed by atoms with Crippen LogP contribution in [0.3, 0.4) is 0 Å². The number of carbonyl (C=O) groups is 1. The number of amides is 1. The number of rotatable bonds is 4. The van der Waals surface area contributed by atoms with Gasteiger partial charge in [0.05, 0.1) is 7.11 Å². The van der Waals surface area contributed by atoms with E-state index in [-0.39, 0.29) is 11.9 Å². The fourth-order valence-electron chi connectivity index (χ4n) is 2.82. The van der Waals surface area contributed by atoms with Crippen LogP contribution in [0.5, 0.6) is 5.75 Å². The summed E-state index contributed by atoms with van der Waals surface area (Å²) in [5.74, 6) is 0.963. The molecule has 1 atom stereocenters. The third-order valence-electron chi connectivity index (χ3n) is 3.97. The fourth-order valence-corrected chi connectivity index (χ4v) is 2.82. The lowest BCUT2D eigenvalue weighted by atomic mass is 9.99. The second-order valence-corrected chi connectivity index (χ2v) is 5.23. The summed E-state index contributed by atoms with van der Waals surface area (Å²) in [6.45, 7) is 2.07. The van der Waals surface area contributed by atoms with Gasteiger partial charge in [0.1, 0.15) is 11.3 Å². The zero-order chi connectivity index (χ0) is 13.8. The summed E-state index contributed by atoms with van der Waals surface area (Å²) in [5.41, 5.74) is 6.78. The van der Waals surface area contributed by atoms with Crippen molar-refractivity contribution in [2.75, 3.05) is 12.8 Å². The summed E-state index contributed by atoms with van der Waals surface area (Å²) in [6.07, 6.45) is 4.93. The normalized spacial score (nSPS) is 17.2. The highest BCUT2D eigenvalue weighted by molar-refractivity contribution is 6.02. The van der Waals surface area contributed by atoms with Crippen molar-refractivity contribution >= 4 is 11.6 Å². The Labute approximate surface area is 114 Å². The van der Waals surface area contributed by atoms with Crippen LogP contribution in [-0.2, 0) is 0 Å². The van der Waals surface area contributed by atoms with Gasteiger partial charge in [-0.2, -0.15) is 0 Å². The number of anilines is 1. The molecule has 1 aliphatic carbocycles. The molecule has 19 heavy (non-hydrogen) atoms. The van der Waals surface area contributed by atoms with Gasteiger partial charge in [-0.3, -0.25) is 4.79 Å². The quantitative estimate of drug-likeness (QED) is 0.820. The molecule has 4 nitrogen and oxygen atoms in total. The van der Waals surface area contributed by atoms with Gasteiger partial charge in [0, 0.05) is 11.7 Å². The number of hydrogen-bond acceptors (Lipinski definition) is 3. The number of ether oxygens (including phenoxy) is 1. The SMILES string of the molecule is COc1cccc(N)c1C(=O)NC(C)C1CCCC1. The lowest BCUT2D eigenvalue weighted by Gasteiger charge is -2.21. The molecule has 0 aliphatic heterocycles. The van der Waals surface area contributed by atoms with Crippen molar-refractivity contribution in [3.63, 3.8) is 0 Å². The predicted octanol–water partition coefficient (Wildman–Crippen LogP) is 2.59. The number of nitrogens with one attached hydrogen (secondary N) is 1. The molecule has 0 spiro atoms. The van der Waals surface area contributed by atoms with E-state index in [1.165, 1.54) is 25.7 Å². The van der Waals surface area contributed by atoms with Crippen molar-refractivity contribution in [3.8, 4) is 5.75 Å². The molecule has 1 unspecified atom stereocenters. The summed E-state index contributed by atoms with van der Waals surface area (Å²) >= 11 is 0. The zero-order valence-corrected chi connectivity index (χ0v) is 11.6. The Bertz CT molecular complexity index is 453. The average Bonchev–Trinajstić information content (AvgIpc) is 2.92. The van der Waals surface area contributed by atoms with Crippen molar-refractivity contribution in [2.24, 2.45) is 5.92 Å². The van der Waals surface area contributed by atoms with Crippen molar-refractivity contribution < 1.29 is 9.53 Å². The van der Waals surface area contributed by atoms with E-state index in [9.17, 15) is 4.79 Å². The van der Waals surface area contributed by atoms with Gasteiger partial charge in [-0.25, -0.2) is 0 Å². The van der Waals surface area contributed by atoms with E-state index in [0.29, 0.717) is 22.9 Å². The largest absolute Gasteiger partial charge is 0.496 e. The van der Waals surface area contributed by atoms with E-state index in [1.807, 2.05) is 0 Å². The van der Waals surface area contributed by atoms with Crippen LogP contribution >= 0.6 is 0 Å². The maximum Gasteiger partial charge on any atom is 0.257 e. The molecule has 0 heterocycles. The molecule has 1 fully saturated rings. The van der Waals surface area contributed by atoms with Crippen LogP contribution in [0.25, 0.3) is 0 Å². The second-order valence-electron chi connectivity index (χ2n) is 5.23. The van der Waals surface area contributed by atoms with Crippen molar-refractivity contribution in [2.45, 2.75) is 38.6 Å². The molecule has 0 bridgehead atoms. The molecule has 1 aromatic rings. The molecular formula is C15H22N2O2. The average molecular weight is 262 g/mol. The Morgan fingerprint density at radius 1 is 1.42 bits per heavy atom. The number of carbonyl (C=O) groups excluding carboxylic acids is 1. The van der Waals surface area contributed by atoms with Gasteiger partial charge in [-0.15, -0.1) is 0 Å². The highest BCUT2D eigenvalue weighted by atomic mass is 16.5. The highest BCUT2D eigenvalue weighted by Gasteiger charge is 2.24. The Hall–Kier alpha value is -1.71. The molecule has 1 amide bonds. The second kappa shape index (κ2) is 5.95. The van der Waals surface area contributed by atoms with Crippen molar-refractivity contribution in [1.29, 1.82) is 0 Å². The monoisotopic (exact) mass is 262 g/mol. The first kappa shape index (κ1) is 13.7. The summed E-state index contributed by atoms with van der Waals surface area (Å²) in [5, 5.41) is 3.05. The number of methoxy groups -OCH3 is 1. The molecule has 104 valence electrons. The first-order chi connectivity index (χ1) is 9.13. The molecule has 4 heteroatoms. The number of hydrogen-bond donors (Lipinski definition) is 2. The van der Waals surface area contributed by atoms with Crippen LogP contribution in [0.15, 0.2) is 18.2 Å². The van der Waals surface area contributed by atoms with E-state index < -0.39 is 0 Å². The molecule has 0 aromatic heterocycles. The van der Waals surface area contributed by atoms with Gasteiger partial charge < -0.3 is 15.8 Å². The van der Waals surface area contributed by atoms with Gasteiger partial charge >= 0.3 is 0 Å². The van der Waals surface area contributed by atoms with Gasteiger partial charge in [-0.05, 0) is 37.8 Å². The molecule has 0 saturated heterocycles. The molecule has 3 N–H and O–H groups in total. The first-order valence-electron chi connectivity index (χ1n) is 6.87. The predicted molar refractivity (Wildman–Crippen MR) is 76.3 cm³/mol. The van der Waals surface area contributed by atoms with E-state index in [2.05, 4.69) is 12.2 Å². The van der Waals surface area contributed by atoms with Crippen molar-refractivity contribution in [1.82, 2.24) is 5.32 Å². The van der Waals surface area contributed by atoms with Gasteiger partial charge in [0.15, 0.2) is 0 Å². The first-order valence-corrected chi connectivity index (χ1v) is 6.87. The number of nitrogen functional groups attached to an aromatic ring is 1. The van der Waals surface area contributed by atoms with Crippen LogP contribution < -0.4 is 15.8 Å². The topological polar surface area (TPSA) is 64.3 Å². The standard InChI is InChI=1S/C15H22N2O2/c1-10(11-6-3-4-7-11)17-15(18)14-12(16)8-5-9-13(14)19-2/h5,8-11H,3-4,6-7,16H2,1-2H3,(H,17,18). The Morgan fingerprint density at radius 3 is 2.74 bits per heavy atom. The lowest BCUT2D eigenvalue weighted by molar-refractivity contribution is 0.0925. The van der Waals surface area contributed by atoms with E-state index in [4.69, 9.17) is 10.5 Å². The van der Waals surface area contributed by atoms with Crippen LogP contribution in [0.1, 0.15) is 43.0 Å². The maximum atomic E-state index is 12.3. The van der Waals surface area contributed by atoms with Crippen LogP contribution in [0, 0.1) is 5.92 Å². The Kier molecular flexibility index (Phi) is 4.30. The van der Waals surface area contributed by atoms with Crippen LogP contribution in [0.2, 0.25) is 0 Å². The van der Waals surface area contributed by atoms with E-state index in [1.54, 1.807) is 25.3 Å². The summed E-state index contributed by atoms with van der Waals surface area (Å²) in [7, 11) is 1.55. The van der Waals surface area contributed by atoms with E-state index >= 15 is 0 Å². The Balaban J connectivity index is 2.11. The number of benzene rings is 1. The smallest absolute Gasteiger partial charge is 0.257 e. The fraction of sp³-hybridized carbons (Fsp3) is 0.533. The minimum absolute atomic E-state index is 0.144. The highest BCUT2D eigenvalue weighted by Crippen LogP contribution is 2.29. The van der Waals surface area contributed by atoms with Crippen LogP contribution in [-0.4, -0.2) is 19.1 Å². The molecule has 1 aromatic carbocycles. The third kappa shape index (κ3) is 3.00. The number of nitrogens with two attached hydrogens (primary N) is 1. The third-order valence-corrected chi connectivity index (χ3v) is 3.97. The summed E-state index contributed by atoms with van der Waals surface area (Å²) in [4.78, 5) is 12.3. The summed E-state index contributed by atoms with van der Waals surface area (Å²) in [6, 6.07) is 5.44. The van der Waals surface area contributed by atoms with Crippen LogP contribution in [0.4, 0.5) is 5.69 Å². The lowest BCUT2D eigenvalue weighted by Crippen LogP contribution is -2.37. The zero-order valence-electron chi connectivity index (χ0n) is 11.6. The van der Waals surface area contributed by atoms with Gasteiger partial charge in [0.25, 0.3) is 5.91 Å².